The minimum atomic E-state index is 0.0876. The van der Waals surface area contributed by atoms with Gasteiger partial charge in [-0.2, -0.15) is 0 Å². The van der Waals surface area contributed by atoms with Gasteiger partial charge in [0, 0.05) is 17.5 Å². The molecule has 0 unspecified atom stereocenters. The smallest absolute Gasteiger partial charge is 0.0595 e. The van der Waals surface area contributed by atoms with Gasteiger partial charge in [-0.3, -0.25) is 0 Å². The van der Waals surface area contributed by atoms with Gasteiger partial charge >= 0.3 is 0 Å². The Morgan fingerprint density at radius 1 is 0.955 bits per heavy atom. The van der Waals surface area contributed by atoms with Crippen LogP contribution >= 0.6 is 23.2 Å². The predicted octanol–water partition coefficient (Wildman–Crippen LogP) is 5.96. The third kappa shape index (κ3) is 3.17. The topological polar surface area (TPSA) is 12.0 Å². The van der Waals surface area contributed by atoms with Crippen molar-refractivity contribution in [2.45, 2.75) is 44.7 Å². The molecule has 1 nitrogen and oxygen atoms in total. The normalized spacial score (nSPS) is 21.0. The second kappa shape index (κ2) is 5.88. The van der Waals surface area contributed by atoms with Crippen LogP contribution in [0.15, 0.2) is 42.5 Å². The maximum atomic E-state index is 6.21. The molecule has 0 saturated carbocycles. The maximum absolute atomic E-state index is 6.21. The SMILES string of the molecule is CC(C)(C)N[C@@H]1C[C@H](c2ccc(Cl)c(Cl)c2)c2ccccc21. The van der Waals surface area contributed by atoms with Crippen molar-refractivity contribution >= 4 is 23.2 Å². The molecule has 0 heterocycles. The molecule has 2 aromatic carbocycles. The summed E-state index contributed by atoms with van der Waals surface area (Å²) in [6.07, 6.45) is 1.05. The quantitative estimate of drug-likeness (QED) is 0.715. The van der Waals surface area contributed by atoms with Gasteiger partial charge in [0.05, 0.1) is 10.0 Å². The zero-order valence-electron chi connectivity index (χ0n) is 13.2. The number of halogens is 2. The first-order valence-corrected chi connectivity index (χ1v) is 8.42. The average molecular weight is 334 g/mol. The molecular weight excluding hydrogens is 313 g/mol. The highest BCUT2D eigenvalue weighted by Crippen LogP contribution is 2.45. The monoisotopic (exact) mass is 333 g/mol. The van der Waals surface area contributed by atoms with E-state index in [1.165, 1.54) is 16.7 Å². The molecule has 0 fully saturated rings. The van der Waals surface area contributed by atoms with Crippen molar-refractivity contribution in [2.24, 2.45) is 0 Å². The molecule has 0 spiro atoms. The first kappa shape index (κ1) is 15.9. The Bertz CT molecular complexity index is 688. The van der Waals surface area contributed by atoms with Gasteiger partial charge in [-0.1, -0.05) is 53.5 Å². The summed E-state index contributed by atoms with van der Waals surface area (Å²) in [4.78, 5) is 0. The van der Waals surface area contributed by atoms with Crippen LogP contribution in [0.3, 0.4) is 0 Å². The summed E-state index contributed by atoms with van der Waals surface area (Å²) in [5.74, 6) is 0.366. The number of nitrogens with one attached hydrogen (secondary N) is 1. The van der Waals surface area contributed by atoms with Gasteiger partial charge in [-0.25, -0.2) is 0 Å². The molecule has 0 saturated heterocycles. The van der Waals surface area contributed by atoms with Crippen molar-refractivity contribution in [1.29, 1.82) is 0 Å². The second-order valence-electron chi connectivity index (χ2n) is 7.04. The summed E-state index contributed by atoms with van der Waals surface area (Å²) in [6.45, 7) is 6.63. The molecule has 22 heavy (non-hydrogen) atoms. The van der Waals surface area contributed by atoms with E-state index in [2.05, 4.69) is 56.4 Å². The van der Waals surface area contributed by atoms with Crippen LogP contribution in [0.4, 0.5) is 0 Å². The largest absolute Gasteiger partial charge is 0.305 e. The second-order valence-corrected chi connectivity index (χ2v) is 7.85. The molecule has 0 aromatic heterocycles. The molecule has 3 rings (SSSR count). The number of hydrogen-bond acceptors (Lipinski definition) is 1. The van der Waals surface area contributed by atoms with Gasteiger partial charge in [0.15, 0.2) is 0 Å². The van der Waals surface area contributed by atoms with Crippen molar-refractivity contribution in [3.05, 3.63) is 69.2 Å². The summed E-state index contributed by atoms with van der Waals surface area (Å²) in [6, 6.07) is 15.1. The molecule has 1 aliphatic carbocycles. The van der Waals surface area contributed by atoms with Crippen molar-refractivity contribution in [3.8, 4) is 0 Å². The molecule has 2 aromatic rings. The van der Waals surface area contributed by atoms with Crippen LogP contribution in [-0.4, -0.2) is 5.54 Å². The van der Waals surface area contributed by atoms with E-state index in [4.69, 9.17) is 23.2 Å². The van der Waals surface area contributed by atoms with Crippen LogP contribution in [-0.2, 0) is 0 Å². The standard InChI is InChI=1S/C19H21Cl2N/c1-19(2,3)22-18-11-15(13-6-4-5-7-14(13)18)12-8-9-16(20)17(21)10-12/h4-10,15,18,22H,11H2,1-3H3/t15-,18-/m1/s1. The first-order valence-electron chi connectivity index (χ1n) is 7.66. The Balaban J connectivity index is 1.98. The fourth-order valence-corrected chi connectivity index (χ4v) is 3.65. The lowest BCUT2D eigenvalue weighted by Gasteiger charge is -2.26. The van der Waals surface area contributed by atoms with Gasteiger partial charge in [0.1, 0.15) is 0 Å². The van der Waals surface area contributed by atoms with E-state index in [-0.39, 0.29) is 5.54 Å². The lowest BCUT2D eigenvalue weighted by Crippen LogP contribution is -2.38. The van der Waals surface area contributed by atoms with E-state index >= 15 is 0 Å². The van der Waals surface area contributed by atoms with Gasteiger partial charge < -0.3 is 5.32 Å². The molecule has 3 heteroatoms. The zero-order valence-corrected chi connectivity index (χ0v) is 14.7. The molecular formula is C19H21Cl2N. The molecule has 0 amide bonds. The fourth-order valence-electron chi connectivity index (χ4n) is 3.34. The summed E-state index contributed by atoms with van der Waals surface area (Å²) in [7, 11) is 0. The predicted molar refractivity (Wildman–Crippen MR) is 95.0 cm³/mol. The van der Waals surface area contributed by atoms with Crippen LogP contribution in [0.5, 0.6) is 0 Å². The molecule has 1 aliphatic rings. The number of hydrogen-bond donors (Lipinski definition) is 1. The summed E-state index contributed by atoms with van der Waals surface area (Å²) >= 11 is 12.3. The van der Waals surface area contributed by atoms with Gasteiger partial charge in [0.2, 0.25) is 0 Å². The van der Waals surface area contributed by atoms with E-state index in [0.29, 0.717) is 22.0 Å². The third-order valence-electron chi connectivity index (χ3n) is 4.17. The Labute approximate surface area is 142 Å². The van der Waals surface area contributed by atoms with Gasteiger partial charge in [-0.15, -0.1) is 0 Å². The molecule has 0 aliphatic heterocycles. The van der Waals surface area contributed by atoms with Gasteiger partial charge in [-0.05, 0) is 56.0 Å². The highest BCUT2D eigenvalue weighted by Gasteiger charge is 2.33. The van der Waals surface area contributed by atoms with Crippen LogP contribution in [0.25, 0.3) is 0 Å². The third-order valence-corrected chi connectivity index (χ3v) is 4.91. The van der Waals surface area contributed by atoms with Crippen molar-refractivity contribution in [1.82, 2.24) is 5.32 Å². The van der Waals surface area contributed by atoms with E-state index in [1.54, 1.807) is 0 Å². The minimum Gasteiger partial charge on any atom is -0.305 e. The van der Waals surface area contributed by atoms with Crippen LogP contribution in [0, 0.1) is 0 Å². The summed E-state index contributed by atoms with van der Waals surface area (Å²) < 4.78 is 0. The maximum Gasteiger partial charge on any atom is 0.0595 e. The Morgan fingerprint density at radius 3 is 2.27 bits per heavy atom. The lowest BCUT2D eigenvalue weighted by molar-refractivity contribution is 0.357. The lowest BCUT2D eigenvalue weighted by atomic mass is 9.93. The van der Waals surface area contributed by atoms with E-state index in [0.717, 1.165) is 6.42 Å². The Morgan fingerprint density at radius 2 is 1.64 bits per heavy atom. The highest BCUT2D eigenvalue weighted by molar-refractivity contribution is 6.42. The minimum absolute atomic E-state index is 0.0876. The van der Waals surface area contributed by atoms with E-state index in [9.17, 15) is 0 Å². The van der Waals surface area contributed by atoms with E-state index in [1.807, 2.05) is 12.1 Å². The van der Waals surface area contributed by atoms with Crippen LogP contribution in [0.1, 0.15) is 55.8 Å². The Hall–Kier alpha value is -1.02. The van der Waals surface area contributed by atoms with Gasteiger partial charge in [0.25, 0.3) is 0 Å². The molecule has 0 bridgehead atoms. The average Bonchev–Trinajstić information content (AvgIpc) is 2.79. The van der Waals surface area contributed by atoms with E-state index < -0.39 is 0 Å². The highest BCUT2D eigenvalue weighted by atomic mass is 35.5. The van der Waals surface area contributed by atoms with Crippen molar-refractivity contribution in [3.63, 3.8) is 0 Å². The summed E-state index contributed by atoms with van der Waals surface area (Å²) in [5.41, 5.74) is 4.11. The number of fused-ring (bicyclic) bond motifs is 1. The molecule has 0 radical (unpaired) electrons. The first-order chi connectivity index (χ1) is 10.3. The zero-order chi connectivity index (χ0) is 15.9. The molecule has 1 N–H and O–H groups in total. The van der Waals surface area contributed by atoms with Crippen molar-refractivity contribution < 1.29 is 0 Å². The van der Waals surface area contributed by atoms with Crippen LogP contribution in [0.2, 0.25) is 10.0 Å². The summed E-state index contributed by atoms with van der Waals surface area (Å²) in [5, 5.41) is 4.98. The molecule has 2 atom stereocenters. The fraction of sp³-hybridized carbons (Fsp3) is 0.368. The number of rotatable bonds is 2. The van der Waals surface area contributed by atoms with Crippen molar-refractivity contribution in [2.75, 3.05) is 0 Å². The molecule has 116 valence electrons. The Kier molecular flexibility index (Phi) is 4.24. The van der Waals surface area contributed by atoms with Crippen LogP contribution < -0.4 is 5.32 Å². The number of benzene rings is 2.